The fraction of sp³-hybridized carbons (Fsp3) is 0.679. The maximum Gasteiger partial charge on any atom is 0.315 e. The van der Waals surface area contributed by atoms with Gasteiger partial charge in [0.1, 0.15) is 5.78 Å². The number of benzene rings is 2. The highest BCUT2D eigenvalue weighted by molar-refractivity contribution is 5.85. The number of unbranched alkanes of at least 4 members (excludes halogenated alkanes) is 4. The molecule has 30 N–H and O–H groups in total. The second kappa shape index (κ2) is 60.3. The Balaban J connectivity index is 0.000000645. The summed E-state index contributed by atoms with van der Waals surface area (Å²) < 4.78 is 0. The number of Topliss-reactive ketones (excluding diaryl/α,β-unsaturated/α-hetero) is 1. The van der Waals surface area contributed by atoms with Gasteiger partial charge in [0.2, 0.25) is 0 Å². The molecule has 4 aromatic rings. The van der Waals surface area contributed by atoms with Crippen molar-refractivity contribution < 1.29 is 52.7 Å². The molecule has 684 valence electrons. The zero-order chi connectivity index (χ0) is 89.6. The average Bonchev–Trinajstić information content (AvgIpc) is 1.69. The lowest BCUT2D eigenvalue weighted by atomic mass is 9.98. The molecule has 2 aromatic heterocycles. The molecule has 37 heteroatoms. The summed E-state index contributed by atoms with van der Waals surface area (Å²) in [5, 5.41) is 60.1. The van der Waals surface area contributed by atoms with Crippen LogP contribution in [0.25, 0.3) is 21.8 Å². The molecule has 0 saturated carbocycles. The van der Waals surface area contributed by atoms with Crippen molar-refractivity contribution in [2.45, 2.75) is 259 Å². The normalized spacial score (nSPS) is 13.7. The molecule has 121 heavy (non-hydrogen) atoms. The monoisotopic (exact) mass is 1700 g/mol. The van der Waals surface area contributed by atoms with Gasteiger partial charge in [-0.1, -0.05) is 117 Å². The fourth-order valence-corrected chi connectivity index (χ4v) is 13.0. The van der Waals surface area contributed by atoms with Crippen molar-refractivity contribution in [3.05, 3.63) is 72.1 Å². The third kappa shape index (κ3) is 46.4. The smallest absolute Gasteiger partial charge is 0.315 e. The molecule has 2 aromatic carbocycles. The largest absolute Gasteiger partial charge is 0.361 e. The number of urea groups is 10. The Morgan fingerprint density at radius 1 is 0.314 bits per heavy atom. The number of amides is 20. The van der Waals surface area contributed by atoms with E-state index < -0.39 is 66.4 Å². The van der Waals surface area contributed by atoms with E-state index in [1.165, 1.54) is 6.92 Å². The van der Waals surface area contributed by atoms with Crippen LogP contribution < -0.4 is 129 Å². The minimum Gasteiger partial charge on any atom is -0.361 e. The first-order valence-corrected chi connectivity index (χ1v) is 43.6. The Labute approximate surface area is 716 Å². The van der Waals surface area contributed by atoms with Crippen LogP contribution in [0.5, 0.6) is 0 Å². The van der Waals surface area contributed by atoms with Crippen LogP contribution in [0.15, 0.2) is 60.9 Å². The Morgan fingerprint density at radius 3 is 0.917 bits per heavy atom. The summed E-state index contributed by atoms with van der Waals surface area (Å²) in [5.41, 5.74) is 26.7. The number of hydrogen-bond donors (Lipinski definition) is 26. The van der Waals surface area contributed by atoms with Gasteiger partial charge in [-0.3, -0.25) is 0 Å². The van der Waals surface area contributed by atoms with Gasteiger partial charge in [0.15, 0.2) is 0 Å². The quantitative estimate of drug-likeness (QED) is 0.0224. The highest BCUT2D eigenvalue weighted by Gasteiger charge is 2.27. The highest BCUT2D eigenvalue weighted by atomic mass is 16.2. The third-order valence-corrected chi connectivity index (χ3v) is 20.6. The maximum absolute atomic E-state index is 13.4. The number of H-pyrrole nitrogens is 2. The first-order chi connectivity index (χ1) is 57.8. The molecule has 0 unspecified atom stereocenters. The third-order valence-electron chi connectivity index (χ3n) is 20.6. The molecule has 0 bridgehead atoms. The van der Waals surface area contributed by atoms with Crippen LogP contribution in [0.4, 0.5) is 47.9 Å². The molecule has 0 aliphatic carbocycles. The van der Waals surface area contributed by atoms with Gasteiger partial charge in [-0.25, -0.2) is 47.9 Å². The lowest BCUT2D eigenvalue weighted by Crippen LogP contribution is -2.56. The van der Waals surface area contributed by atoms with Crippen molar-refractivity contribution in [1.29, 1.82) is 0 Å². The Kier molecular flexibility index (Phi) is 52.2. The predicted octanol–water partition coefficient (Wildman–Crippen LogP) is 6.06. The van der Waals surface area contributed by atoms with Gasteiger partial charge in [0.05, 0.1) is 24.2 Å². The molecule has 20 amide bonds. The van der Waals surface area contributed by atoms with E-state index in [9.17, 15) is 52.7 Å². The number of nitrogens with two attached hydrogens (primary N) is 4. The molecule has 0 spiro atoms. The maximum atomic E-state index is 13.4. The fourth-order valence-electron chi connectivity index (χ4n) is 13.0. The van der Waals surface area contributed by atoms with Crippen molar-refractivity contribution in [3.8, 4) is 0 Å². The zero-order valence-corrected chi connectivity index (χ0v) is 74.2. The van der Waals surface area contributed by atoms with Crippen LogP contribution in [-0.2, 0) is 17.6 Å². The SMILES string of the molecule is CC(C)NC(=O)N[C@H](CNC(=O)N[C@@H](CCCCN)CNC(=O)N[C@H](CNC(=O)N[C@@H](CCCCN)CNC(=O)N[C@H](CNC(=O)N[C@H](C)C(C)C)Cc1c[nH]c2ccccc12)C(C)C)C(C)C.CCNC(=O)N[C@@H](CCCCN)CNC(=O)N[C@H](CNC(=O)N[C@@H](CCCCN)CNC(=O)N[C@H](CCC(C)=O)C(C)C)Cc1c[nH]c2ccccc12. The molecule has 2 heterocycles. The molecule has 0 saturated heterocycles. The van der Waals surface area contributed by atoms with E-state index in [0.717, 1.165) is 77.9 Å². The van der Waals surface area contributed by atoms with Crippen molar-refractivity contribution in [1.82, 2.24) is 116 Å². The van der Waals surface area contributed by atoms with Crippen molar-refractivity contribution in [2.24, 2.45) is 46.6 Å². The topological polar surface area (TPSA) is 564 Å². The van der Waals surface area contributed by atoms with E-state index in [-0.39, 0.29) is 142 Å². The van der Waals surface area contributed by atoms with E-state index in [1.807, 2.05) is 144 Å². The van der Waals surface area contributed by atoms with E-state index in [4.69, 9.17) is 22.9 Å². The van der Waals surface area contributed by atoms with Gasteiger partial charge < -0.3 is 144 Å². The molecule has 0 fully saturated rings. The Hall–Kier alpha value is -10.3. The summed E-state index contributed by atoms with van der Waals surface area (Å²) >= 11 is 0. The Bertz CT molecular complexity index is 3670. The van der Waals surface area contributed by atoms with Crippen molar-refractivity contribution >= 4 is 87.9 Å². The first-order valence-electron chi connectivity index (χ1n) is 43.6. The summed E-state index contributed by atoms with van der Waals surface area (Å²) in [6.07, 6.45) is 14.1. The van der Waals surface area contributed by atoms with E-state index in [1.54, 1.807) is 0 Å². The number of rotatable bonds is 55. The van der Waals surface area contributed by atoms with Crippen molar-refractivity contribution in [3.63, 3.8) is 0 Å². The van der Waals surface area contributed by atoms with Crippen molar-refractivity contribution in [2.75, 3.05) is 85.1 Å². The van der Waals surface area contributed by atoms with E-state index in [2.05, 4.69) is 116 Å². The van der Waals surface area contributed by atoms with E-state index in [0.29, 0.717) is 90.5 Å². The van der Waals surface area contributed by atoms with Crippen LogP contribution in [0.3, 0.4) is 0 Å². The van der Waals surface area contributed by atoms with Gasteiger partial charge >= 0.3 is 60.3 Å². The number of nitrogens with one attached hydrogen (secondary N) is 22. The molecule has 4 rings (SSSR count). The Morgan fingerprint density at radius 2 is 0.603 bits per heavy atom. The zero-order valence-electron chi connectivity index (χ0n) is 74.2. The highest BCUT2D eigenvalue weighted by Crippen LogP contribution is 2.21. The van der Waals surface area contributed by atoms with Crippen LogP contribution in [0.1, 0.15) is 191 Å². The summed E-state index contributed by atoms with van der Waals surface area (Å²) in [7, 11) is 0. The second-order valence-corrected chi connectivity index (χ2v) is 32.9. The number of aromatic nitrogens is 2. The summed E-state index contributed by atoms with van der Waals surface area (Å²) in [4.78, 5) is 147. The van der Waals surface area contributed by atoms with Gasteiger partial charge in [-0.2, -0.15) is 0 Å². The molecule has 37 nitrogen and oxygen atoms in total. The van der Waals surface area contributed by atoms with E-state index >= 15 is 0 Å². The molecular formula is C84H152N26O11. The molecular weight excluding hydrogens is 1550 g/mol. The number of ketones is 1. The number of carbonyl (C=O) groups excluding carboxylic acids is 11. The molecule has 0 aliphatic heterocycles. The molecule has 0 aliphatic rings. The summed E-state index contributed by atoms with van der Waals surface area (Å²) in [6, 6.07) is 8.32. The predicted molar refractivity (Wildman–Crippen MR) is 480 cm³/mol. The van der Waals surface area contributed by atoms with Crippen LogP contribution in [0, 0.1) is 23.7 Å². The van der Waals surface area contributed by atoms with Crippen LogP contribution >= 0.6 is 0 Å². The van der Waals surface area contributed by atoms with Crippen LogP contribution in [0.2, 0.25) is 0 Å². The van der Waals surface area contributed by atoms with Gasteiger partial charge in [-0.15, -0.1) is 0 Å². The standard InChI is InChI=1S/C47H87N15O6.C37H65N11O5/c1-29(2)33(9)57-42(63)53-26-37(22-34-23-50-39-19-11-10-18-38(34)39)60-43(64)51-24-35(16-12-14-20-48)58-44(65)54-27-40(30(3)4)61-46(67)52-25-36(17-13-15-21-49)59-45(66)55-28-41(31(5)6)62-47(68)56-32(7)8;1-5-40-34(50)45-28(12-8-10-18-38)22-42-36(52)47-30(20-27-21-41-33-15-7-6-14-31(27)33)24-44-35(51)46-29(13-9-11-19-39)23-43-37(53)48-32(25(2)3)17-16-26(4)49/h10-11,18-19,23,29-33,35-37,40-41,50H,12-17,20-22,24-28,48-49H2,1-9H3,(H2,51,60,64)(H2,52,61,67)(H2,53,57,63)(H2,54,58,65)(H2,55,59,66)(H2,56,62,68);6-7,14-15,21,25,28-30,32,41H,5,8-13,16-20,22-24,38-39H2,1-4H3,(H2,40,45,50)(H2,42,47,52)(H2,43,48,53)(H2,44,46,51)/t33-,35+,36+,37+,40-,41-;28-,29-,30-,32+/m10/s1. The average molecular weight is 1700 g/mol. The second-order valence-electron chi connectivity index (χ2n) is 32.9. The summed E-state index contributed by atoms with van der Waals surface area (Å²) in [6.45, 7) is 28.6. The minimum atomic E-state index is -0.491. The lowest BCUT2D eigenvalue weighted by Gasteiger charge is -2.26. The number of aromatic amines is 2. The number of hydrogen-bond acceptors (Lipinski definition) is 15. The minimum absolute atomic E-state index is 0.0328. The number of fused-ring (bicyclic) bond motifs is 2. The lowest BCUT2D eigenvalue weighted by molar-refractivity contribution is -0.117. The van der Waals surface area contributed by atoms with Gasteiger partial charge in [-0.05, 0) is 178 Å². The molecule has 0 radical (unpaired) electrons. The first kappa shape index (κ1) is 105. The number of para-hydroxylation sites is 2. The van der Waals surface area contributed by atoms with Gasteiger partial charge in [0.25, 0.3) is 0 Å². The number of carbonyl (C=O) groups is 11. The van der Waals surface area contributed by atoms with Gasteiger partial charge in [0, 0.05) is 142 Å². The summed E-state index contributed by atoms with van der Waals surface area (Å²) in [5.74, 6) is 0.462. The molecule has 10 atom stereocenters. The van der Waals surface area contributed by atoms with Crippen LogP contribution in [-0.4, -0.2) is 228 Å².